The number of rotatable bonds is 6. The third-order valence-electron chi connectivity index (χ3n) is 5.05. The fourth-order valence-electron chi connectivity index (χ4n) is 3.32. The summed E-state index contributed by atoms with van der Waals surface area (Å²) in [6.07, 6.45) is -5.30. The highest BCUT2D eigenvalue weighted by molar-refractivity contribution is 7.49. The van der Waals surface area contributed by atoms with Crippen LogP contribution in [0.4, 0.5) is 4.39 Å². The van der Waals surface area contributed by atoms with Gasteiger partial charge in [0.2, 0.25) is 0 Å². The van der Waals surface area contributed by atoms with Crippen LogP contribution in [0.1, 0.15) is 22.1 Å². The number of H-pyrrole nitrogens is 1. The molecule has 1 fully saturated rings. The fraction of sp³-hybridized carbons (Fsp3) is 0.389. The number of halogens is 1. The van der Waals surface area contributed by atoms with Gasteiger partial charge in [-0.2, -0.15) is 0 Å². The maximum atomic E-state index is 15.4. The average Bonchev–Trinajstić information content (AvgIpc) is 3.02. The molecule has 178 valence electrons. The van der Waals surface area contributed by atoms with Crippen LogP contribution >= 0.6 is 7.82 Å². The van der Waals surface area contributed by atoms with E-state index in [1.54, 1.807) is 17.1 Å². The van der Waals surface area contributed by atoms with Crippen LogP contribution in [0, 0.1) is 0 Å². The lowest BCUT2D eigenvalue weighted by Gasteiger charge is -2.28. The Morgan fingerprint density at radius 1 is 1.39 bits per heavy atom. The third-order valence-corrected chi connectivity index (χ3v) is 6.35. The molecule has 4 rings (SSSR count). The van der Waals surface area contributed by atoms with Crippen molar-refractivity contribution in [2.45, 2.75) is 30.9 Å². The van der Waals surface area contributed by atoms with Gasteiger partial charge in [0, 0.05) is 11.8 Å². The number of phosphoric ester groups is 1. The second kappa shape index (κ2) is 8.48. The zero-order chi connectivity index (χ0) is 24.0. The largest absolute Gasteiger partial charge is 0.530 e. The molecule has 5 atom stereocenters. The van der Waals surface area contributed by atoms with E-state index in [-0.39, 0.29) is 24.4 Å². The van der Waals surface area contributed by atoms with E-state index in [0.29, 0.717) is 10.1 Å². The summed E-state index contributed by atoms with van der Waals surface area (Å²) in [5.41, 5.74) is -2.15. The summed E-state index contributed by atoms with van der Waals surface area (Å²) < 4.78 is 54.2. The Hall–Kier alpha value is -2.87. The van der Waals surface area contributed by atoms with Gasteiger partial charge in [-0.1, -0.05) is 12.1 Å². The van der Waals surface area contributed by atoms with Crippen LogP contribution in [-0.2, 0) is 25.0 Å². The topological polar surface area (TPSA) is 176 Å². The summed E-state index contributed by atoms with van der Waals surface area (Å²) in [5.74, 6) is -2.88. The number of carbonyl (C=O) groups excluding carboxylic acids is 1. The first-order valence-corrected chi connectivity index (χ1v) is 10.8. The number of methoxy groups -OCH3 is 1. The van der Waals surface area contributed by atoms with Crippen molar-refractivity contribution >= 4 is 14.1 Å². The molecule has 1 aromatic heterocycles. The Kier molecular flexibility index (Phi) is 5.99. The second-order valence-corrected chi connectivity index (χ2v) is 8.73. The highest BCUT2D eigenvalue weighted by atomic mass is 31.2. The fourth-order valence-corrected chi connectivity index (χ4v) is 4.56. The highest BCUT2D eigenvalue weighted by Gasteiger charge is 2.57. The predicted octanol–water partition coefficient (Wildman–Crippen LogP) is 0.00800. The van der Waals surface area contributed by atoms with Crippen LogP contribution < -0.4 is 20.5 Å². The van der Waals surface area contributed by atoms with E-state index in [2.05, 4.69) is 0 Å². The molecule has 2 aliphatic rings. The number of aldehydes is 1. The van der Waals surface area contributed by atoms with Gasteiger partial charge in [-0.15, -0.1) is 0 Å². The van der Waals surface area contributed by atoms with E-state index in [9.17, 15) is 29.2 Å². The van der Waals surface area contributed by atoms with Gasteiger partial charge < -0.3 is 24.2 Å². The Balaban J connectivity index is 1.55. The van der Waals surface area contributed by atoms with Crippen LogP contribution in [0.25, 0.3) is 0 Å². The molecule has 33 heavy (non-hydrogen) atoms. The van der Waals surface area contributed by atoms with Crippen molar-refractivity contribution < 1.29 is 47.0 Å². The first-order valence-electron chi connectivity index (χ1n) is 9.39. The standard InChI is InChI=1S/C18H18FN2O11P/c1-28-11-4-2-3-9-7-29-33(27,32-13(9)11)30-8-18(19)14(24)12(23)16(31-18)21-5-10(6-22)15(25)20-17(21)26/h2-6,12,14,16,23-24H,7-8H2,1H3,(H,20,25,26)/t12-,14+,16-,18-,33?/m1/s1. The lowest BCUT2D eigenvalue weighted by Crippen LogP contribution is -2.43. The quantitative estimate of drug-likeness (QED) is 0.369. The number of benzene rings is 1. The summed E-state index contributed by atoms with van der Waals surface area (Å²) in [6, 6.07) is 4.81. The van der Waals surface area contributed by atoms with Crippen molar-refractivity contribution in [1.82, 2.24) is 9.55 Å². The van der Waals surface area contributed by atoms with Crippen LogP contribution in [0.5, 0.6) is 11.5 Å². The summed E-state index contributed by atoms with van der Waals surface area (Å²) >= 11 is 0. The zero-order valence-corrected chi connectivity index (χ0v) is 17.8. The zero-order valence-electron chi connectivity index (χ0n) is 16.9. The number of para-hydroxylation sites is 1. The number of hydrogen-bond acceptors (Lipinski definition) is 11. The molecule has 3 heterocycles. The highest BCUT2D eigenvalue weighted by Crippen LogP contribution is 2.57. The van der Waals surface area contributed by atoms with Gasteiger partial charge in [-0.25, -0.2) is 13.8 Å². The van der Waals surface area contributed by atoms with E-state index in [1.165, 1.54) is 13.2 Å². The van der Waals surface area contributed by atoms with Gasteiger partial charge in [0.1, 0.15) is 18.8 Å². The molecule has 1 unspecified atom stereocenters. The molecule has 13 nitrogen and oxygen atoms in total. The van der Waals surface area contributed by atoms with Crippen LogP contribution in [0.2, 0.25) is 0 Å². The van der Waals surface area contributed by atoms with Crippen molar-refractivity contribution in [1.29, 1.82) is 0 Å². The first kappa shape index (κ1) is 23.3. The lowest BCUT2D eigenvalue weighted by molar-refractivity contribution is -0.205. The molecule has 0 aliphatic carbocycles. The number of aromatic amines is 1. The summed E-state index contributed by atoms with van der Waals surface area (Å²) in [7, 11) is -3.05. The number of carbonyl (C=O) groups is 1. The number of alkyl halides is 1. The van der Waals surface area contributed by atoms with Gasteiger partial charge in [-0.05, 0) is 6.07 Å². The normalized spacial score (nSPS) is 31.0. The minimum absolute atomic E-state index is 0.0643. The van der Waals surface area contributed by atoms with Gasteiger partial charge in [-0.3, -0.25) is 28.2 Å². The molecular formula is C18H18FN2O11P. The number of phosphoric acid groups is 1. The van der Waals surface area contributed by atoms with Crippen molar-refractivity contribution in [3.05, 3.63) is 56.4 Å². The Labute approximate surface area is 183 Å². The first-order chi connectivity index (χ1) is 15.6. The van der Waals surface area contributed by atoms with Gasteiger partial charge in [0.05, 0.1) is 19.3 Å². The van der Waals surface area contributed by atoms with E-state index >= 15 is 4.39 Å². The number of aliphatic hydroxyl groups excluding tert-OH is 2. The molecule has 0 saturated carbocycles. The van der Waals surface area contributed by atoms with Crippen molar-refractivity contribution in [3.63, 3.8) is 0 Å². The molecule has 0 spiro atoms. The molecule has 0 amide bonds. The number of fused-ring (bicyclic) bond motifs is 1. The van der Waals surface area contributed by atoms with E-state index in [0.717, 1.165) is 6.20 Å². The molecule has 2 aliphatic heterocycles. The molecule has 15 heteroatoms. The number of nitrogens with zero attached hydrogens (tertiary/aromatic N) is 1. The van der Waals surface area contributed by atoms with Gasteiger partial charge in [0.15, 0.2) is 24.0 Å². The Morgan fingerprint density at radius 2 is 2.15 bits per heavy atom. The molecule has 1 aromatic carbocycles. The van der Waals surface area contributed by atoms with Crippen LogP contribution in [0.15, 0.2) is 34.0 Å². The van der Waals surface area contributed by atoms with Gasteiger partial charge in [0.25, 0.3) is 11.4 Å². The smallest absolute Gasteiger partial charge is 0.493 e. The van der Waals surface area contributed by atoms with Crippen molar-refractivity contribution in [3.8, 4) is 11.5 Å². The van der Waals surface area contributed by atoms with E-state index in [4.69, 9.17) is 23.0 Å². The van der Waals surface area contributed by atoms with E-state index in [1.807, 2.05) is 0 Å². The lowest BCUT2D eigenvalue weighted by atomic mass is 10.1. The number of nitrogens with one attached hydrogen (secondary N) is 1. The predicted molar refractivity (Wildman–Crippen MR) is 105 cm³/mol. The minimum Gasteiger partial charge on any atom is -0.493 e. The molecular weight excluding hydrogens is 470 g/mol. The number of aromatic nitrogens is 2. The Bertz CT molecular complexity index is 1230. The van der Waals surface area contributed by atoms with Crippen molar-refractivity contribution in [2.75, 3.05) is 13.7 Å². The van der Waals surface area contributed by atoms with Gasteiger partial charge >= 0.3 is 13.5 Å². The van der Waals surface area contributed by atoms with Crippen molar-refractivity contribution in [2.24, 2.45) is 0 Å². The molecule has 2 aromatic rings. The summed E-state index contributed by atoms with van der Waals surface area (Å²) in [4.78, 5) is 36.4. The number of hydrogen-bond donors (Lipinski definition) is 3. The van der Waals surface area contributed by atoms with Crippen LogP contribution in [0.3, 0.4) is 0 Å². The van der Waals surface area contributed by atoms with Crippen LogP contribution in [-0.4, -0.2) is 57.8 Å². The van der Waals surface area contributed by atoms with E-state index < -0.39 is 55.5 Å². The third kappa shape index (κ3) is 4.12. The number of aliphatic hydroxyl groups is 2. The maximum Gasteiger partial charge on any atom is 0.530 e. The summed E-state index contributed by atoms with van der Waals surface area (Å²) in [5, 5.41) is 20.4. The Morgan fingerprint density at radius 3 is 2.85 bits per heavy atom. The summed E-state index contributed by atoms with van der Waals surface area (Å²) in [6.45, 7) is -1.44. The molecule has 0 radical (unpaired) electrons. The molecule has 3 N–H and O–H groups in total. The molecule has 0 bridgehead atoms. The SMILES string of the molecule is COc1cccc2c1OP(=O)(OC[C@@]1(F)O[C@@H](n3cc(C=O)c(=O)[nH]c3=O)[C@H](O)[C@@H]1O)OC2. The maximum absolute atomic E-state index is 15.4. The second-order valence-electron chi connectivity index (χ2n) is 7.13. The monoisotopic (exact) mass is 488 g/mol. The minimum atomic E-state index is -4.40. The number of ether oxygens (including phenoxy) is 2. The average molecular weight is 488 g/mol. The molecule has 1 saturated heterocycles.